The Kier molecular flexibility index (Phi) is 6.96. The fourth-order valence-electron chi connectivity index (χ4n) is 2.40. The Morgan fingerprint density at radius 2 is 1.59 bits per heavy atom. The third-order valence-electron chi connectivity index (χ3n) is 3.92. The van der Waals surface area contributed by atoms with E-state index in [0.29, 0.717) is 17.2 Å². The molecule has 2 aromatic rings. The quantitative estimate of drug-likeness (QED) is 0.404. The number of nitrogens with zero attached hydrogens (tertiary/aromatic N) is 1. The van der Waals surface area contributed by atoms with Gasteiger partial charge in [0.2, 0.25) is 0 Å². The molecule has 154 valence electrons. The van der Waals surface area contributed by atoms with Gasteiger partial charge in [-0.25, -0.2) is 4.79 Å². The molecule has 2 rings (SSSR count). The Morgan fingerprint density at radius 1 is 0.966 bits per heavy atom. The second kappa shape index (κ2) is 9.40. The van der Waals surface area contributed by atoms with Crippen LogP contribution in [0.15, 0.2) is 36.4 Å². The van der Waals surface area contributed by atoms with E-state index in [9.17, 15) is 19.7 Å². The van der Waals surface area contributed by atoms with Gasteiger partial charge < -0.3 is 24.3 Å². The molecule has 0 saturated carbocycles. The summed E-state index contributed by atoms with van der Waals surface area (Å²) in [6, 6.07) is 8.26. The molecule has 0 aliphatic heterocycles. The van der Waals surface area contributed by atoms with E-state index in [1.165, 1.54) is 40.4 Å². The minimum Gasteiger partial charge on any atom is -0.496 e. The number of methoxy groups -OCH3 is 3. The van der Waals surface area contributed by atoms with Crippen molar-refractivity contribution < 1.29 is 33.5 Å². The van der Waals surface area contributed by atoms with Crippen molar-refractivity contribution in [1.29, 1.82) is 0 Å². The van der Waals surface area contributed by atoms with Gasteiger partial charge in [-0.05, 0) is 25.1 Å². The fourth-order valence-corrected chi connectivity index (χ4v) is 2.40. The van der Waals surface area contributed by atoms with E-state index in [2.05, 4.69) is 5.32 Å². The van der Waals surface area contributed by atoms with Crippen molar-refractivity contribution >= 4 is 23.3 Å². The van der Waals surface area contributed by atoms with Crippen LogP contribution in [0.1, 0.15) is 17.3 Å². The van der Waals surface area contributed by atoms with Crippen LogP contribution in [-0.4, -0.2) is 44.2 Å². The average Bonchev–Trinajstić information content (AvgIpc) is 2.72. The summed E-state index contributed by atoms with van der Waals surface area (Å²) >= 11 is 0. The van der Waals surface area contributed by atoms with Crippen LogP contribution >= 0.6 is 0 Å². The van der Waals surface area contributed by atoms with Gasteiger partial charge in [0.15, 0.2) is 17.6 Å². The van der Waals surface area contributed by atoms with Gasteiger partial charge in [-0.3, -0.25) is 14.9 Å². The van der Waals surface area contributed by atoms with Gasteiger partial charge >= 0.3 is 5.97 Å². The second-order valence-electron chi connectivity index (χ2n) is 5.75. The highest BCUT2D eigenvalue weighted by Gasteiger charge is 2.24. The summed E-state index contributed by atoms with van der Waals surface area (Å²) in [5, 5.41) is 13.5. The smallest absolute Gasteiger partial charge is 0.342 e. The van der Waals surface area contributed by atoms with Gasteiger partial charge in [0.05, 0.1) is 26.3 Å². The number of hydrogen-bond donors (Lipinski definition) is 1. The molecule has 0 saturated heterocycles. The Morgan fingerprint density at radius 3 is 2.17 bits per heavy atom. The number of esters is 1. The number of carbonyl (C=O) groups is 2. The average molecular weight is 404 g/mol. The van der Waals surface area contributed by atoms with Crippen molar-refractivity contribution in [2.75, 3.05) is 26.6 Å². The van der Waals surface area contributed by atoms with Crippen LogP contribution in [0.4, 0.5) is 11.4 Å². The summed E-state index contributed by atoms with van der Waals surface area (Å²) in [7, 11) is 4.26. The summed E-state index contributed by atoms with van der Waals surface area (Å²) in [6.45, 7) is 1.37. The highest BCUT2D eigenvalue weighted by atomic mass is 16.6. The van der Waals surface area contributed by atoms with Crippen molar-refractivity contribution in [2.45, 2.75) is 13.0 Å². The summed E-state index contributed by atoms with van der Waals surface area (Å²) in [4.78, 5) is 35.1. The number of hydrogen-bond acceptors (Lipinski definition) is 8. The Labute approximate surface area is 166 Å². The van der Waals surface area contributed by atoms with Gasteiger partial charge in [0.1, 0.15) is 11.3 Å². The van der Waals surface area contributed by atoms with Gasteiger partial charge in [-0.15, -0.1) is 0 Å². The molecule has 0 unspecified atom stereocenters. The highest BCUT2D eigenvalue weighted by Crippen LogP contribution is 2.30. The first-order valence-corrected chi connectivity index (χ1v) is 8.37. The summed E-state index contributed by atoms with van der Waals surface area (Å²) in [6.07, 6.45) is -1.18. The molecule has 0 heterocycles. The molecule has 0 aromatic heterocycles. The molecule has 1 amide bonds. The summed E-state index contributed by atoms with van der Waals surface area (Å²) in [5.41, 5.74) is -0.0591. The zero-order chi connectivity index (χ0) is 21.6. The standard InChI is InChI=1S/C19H20N2O8/c1-11(18(22)20-12-5-7-16(27-3)17(9-12)28-4)29-19(23)14-10-13(21(24)25)6-8-15(14)26-2/h5-11H,1-4H3,(H,20,22)/t11-/m0/s1. The first-order valence-electron chi connectivity index (χ1n) is 8.37. The first kappa shape index (κ1) is 21.5. The van der Waals surface area contributed by atoms with Crippen LogP contribution in [0.2, 0.25) is 0 Å². The normalized spacial score (nSPS) is 11.2. The van der Waals surface area contributed by atoms with E-state index in [1.807, 2.05) is 0 Å². The van der Waals surface area contributed by atoms with Crippen LogP contribution < -0.4 is 19.5 Å². The highest BCUT2D eigenvalue weighted by molar-refractivity contribution is 5.98. The van der Waals surface area contributed by atoms with E-state index in [0.717, 1.165) is 6.07 Å². The number of nitro groups is 1. The van der Waals surface area contributed by atoms with Gasteiger partial charge in [0, 0.05) is 23.9 Å². The number of anilines is 1. The van der Waals surface area contributed by atoms with E-state index in [1.54, 1.807) is 18.2 Å². The maximum absolute atomic E-state index is 12.4. The lowest BCUT2D eigenvalue weighted by atomic mass is 10.1. The molecule has 10 nitrogen and oxygen atoms in total. The van der Waals surface area contributed by atoms with Crippen LogP contribution in [0.25, 0.3) is 0 Å². The van der Waals surface area contributed by atoms with Crippen LogP contribution in [-0.2, 0) is 9.53 Å². The molecule has 0 radical (unpaired) electrons. The Hall–Kier alpha value is -3.82. The molecule has 1 atom stereocenters. The van der Waals surface area contributed by atoms with Crippen molar-refractivity contribution in [3.8, 4) is 17.2 Å². The van der Waals surface area contributed by atoms with E-state index in [4.69, 9.17) is 18.9 Å². The molecule has 0 bridgehead atoms. The van der Waals surface area contributed by atoms with E-state index >= 15 is 0 Å². The molecular formula is C19H20N2O8. The third kappa shape index (κ3) is 5.12. The van der Waals surface area contributed by atoms with Crippen molar-refractivity contribution in [3.63, 3.8) is 0 Å². The lowest BCUT2D eigenvalue weighted by Crippen LogP contribution is -2.30. The fraction of sp³-hybridized carbons (Fsp3) is 0.263. The number of carbonyl (C=O) groups excluding carboxylic acids is 2. The molecule has 0 aliphatic rings. The second-order valence-corrected chi connectivity index (χ2v) is 5.75. The van der Waals surface area contributed by atoms with Crippen molar-refractivity contribution in [3.05, 3.63) is 52.1 Å². The molecule has 0 fully saturated rings. The predicted octanol–water partition coefficient (Wildman–Crippen LogP) is 2.80. The van der Waals surface area contributed by atoms with Crippen LogP contribution in [0.3, 0.4) is 0 Å². The van der Waals surface area contributed by atoms with Crippen LogP contribution in [0.5, 0.6) is 17.2 Å². The van der Waals surface area contributed by atoms with Gasteiger partial charge in [-0.1, -0.05) is 0 Å². The zero-order valence-corrected chi connectivity index (χ0v) is 16.3. The number of amides is 1. The predicted molar refractivity (Wildman–Crippen MR) is 103 cm³/mol. The molecule has 10 heteroatoms. The van der Waals surface area contributed by atoms with E-state index in [-0.39, 0.29) is 17.0 Å². The molecule has 1 N–H and O–H groups in total. The lowest BCUT2D eigenvalue weighted by Gasteiger charge is -2.15. The number of ether oxygens (including phenoxy) is 4. The topological polar surface area (TPSA) is 126 Å². The molecule has 2 aromatic carbocycles. The maximum atomic E-state index is 12.4. The van der Waals surface area contributed by atoms with Crippen molar-refractivity contribution in [2.24, 2.45) is 0 Å². The lowest BCUT2D eigenvalue weighted by molar-refractivity contribution is -0.384. The Balaban J connectivity index is 2.12. The van der Waals surface area contributed by atoms with Gasteiger partial charge in [-0.2, -0.15) is 0 Å². The van der Waals surface area contributed by atoms with Gasteiger partial charge in [0.25, 0.3) is 11.6 Å². The number of benzene rings is 2. The number of non-ortho nitro benzene ring substituents is 1. The Bertz CT molecular complexity index is 928. The monoisotopic (exact) mass is 404 g/mol. The SMILES string of the molecule is COc1ccc(NC(=O)[C@H](C)OC(=O)c2cc([N+](=O)[O-])ccc2OC)cc1OC. The molecule has 0 aliphatic carbocycles. The number of rotatable bonds is 8. The minimum absolute atomic E-state index is 0.0908. The van der Waals surface area contributed by atoms with Crippen molar-refractivity contribution in [1.82, 2.24) is 0 Å². The molecule has 0 spiro atoms. The molecular weight excluding hydrogens is 384 g/mol. The van der Waals surface area contributed by atoms with Crippen LogP contribution in [0, 0.1) is 10.1 Å². The largest absolute Gasteiger partial charge is 0.496 e. The third-order valence-corrected chi connectivity index (χ3v) is 3.92. The summed E-state index contributed by atoms with van der Waals surface area (Å²) in [5.74, 6) is -0.539. The first-order chi connectivity index (χ1) is 13.8. The summed E-state index contributed by atoms with van der Waals surface area (Å²) < 4.78 is 20.5. The van der Waals surface area contributed by atoms with E-state index < -0.39 is 22.9 Å². The number of nitro benzene ring substituents is 1. The minimum atomic E-state index is -1.18. The maximum Gasteiger partial charge on any atom is 0.342 e. The number of nitrogens with one attached hydrogen (secondary N) is 1. The molecule has 29 heavy (non-hydrogen) atoms. The zero-order valence-electron chi connectivity index (χ0n) is 16.3.